The topological polar surface area (TPSA) is 80.7 Å². The summed E-state index contributed by atoms with van der Waals surface area (Å²) >= 11 is 0. The summed E-state index contributed by atoms with van der Waals surface area (Å²) in [5.41, 5.74) is 0.662. The fourth-order valence-electron chi connectivity index (χ4n) is 5.62. The van der Waals surface area contributed by atoms with E-state index in [0.29, 0.717) is 5.57 Å². The van der Waals surface area contributed by atoms with Gasteiger partial charge in [0.15, 0.2) is 0 Å². The summed E-state index contributed by atoms with van der Waals surface area (Å²) < 4.78 is 1.11. The number of carbonyl (C=O) groups excluding carboxylic acids is 2. The molecule has 5 heterocycles. The van der Waals surface area contributed by atoms with Crippen molar-refractivity contribution in [1.29, 1.82) is 0 Å². The number of rotatable bonds is 5. The molecule has 2 bridgehead atoms. The fourth-order valence-corrected chi connectivity index (χ4v) is 5.62. The van der Waals surface area contributed by atoms with Gasteiger partial charge in [0.05, 0.1) is 55.9 Å². The molecule has 0 aromatic heterocycles. The number of allylic oxidation sites excluding steroid dienone is 1. The highest BCUT2D eigenvalue weighted by Gasteiger charge is 2.58. The maximum absolute atomic E-state index is 12.3. The second kappa shape index (κ2) is 6.20. The third-order valence-corrected chi connectivity index (χ3v) is 7.24. The maximum atomic E-state index is 12.3. The van der Waals surface area contributed by atoms with Gasteiger partial charge in [0, 0.05) is 5.92 Å². The summed E-state index contributed by atoms with van der Waals surface area (Å²) in [7, 11) is 0. The smallest absolute Gasteiger partial charge is 0.235 e. The molecule has 5 rings (SSSR count). The summed E-state index contributed by atoms with van der Waals surface area (Å²) in [5.74, 6) is -1.33. The minimum atomic E-state index is -1.30. The van der Waals surface area contributed by atoms with Crippen molar-refractivity contribution < 1.29 is 24.3 Å². The number of carboxylic acid groups (broad SMARTS) is 1. The Bertz CT molecular complexity index is 674. The normalized spacial score (nSPS) is 40.1. The highest BCUT2D eigenvalue weighted by Crippen LogP contribution is 2.47. The van der Waals surface area contributed by atoms with E-state index in [1.165, 1.54) is 43.8 Å². The Hall–Kier alpha value is -1.66. The molecule has 142 valence electrons. The average molecular weight is 360 g/mol. The number of β-lactam (4-membered cyclic amide) rings is 1. The SMILES string of the molecule is C[C@@H](O)[C@H]1C(=O)N2C(C(=O)[O-])=C(/C=C/C[N+]34CCC(CC3)CC4)[C@H](C)[C@H]12. The second-order valence-electron chi connectivity index (χ2n) is 8.67. The van der Waals surface area contributed by atoms with Gasteiger partial charge in [-0.3, -0.25) is 4.79 Å². The number of quaternary nitrogens is 1. The van der Waals surface area contributed by atoms with Gasteiger partial charge in [0.1, 0.15) is 0 Å². The van der Waals surface area contributed by atoms with Gasteiger partial charge in [-0.2, -0.15) is 0 Å². The highest BCUT2D eigenvalue weighted by molar-refractivity contribution is 5.99. The van der Waals surface area contributed by atoms with Crippen LogP contribution in [0.25, 0.3) is 0 Å². The predicted octanol–water partition coefficient (Wildman–Crippen LogP) is 0.0346. The van der Waals surface area contributed by atoms with E-state index < -0.39 is 18.0 Å². The van der Waals surface area contributed by atoms with Crippen molar-refractivity contribution in [3.63, 3.8) is 0 Å². The van der Waals surface area contributed by atoms with E-state index in [-0.39, 0.29) is 23.6 Å². The monoisotopic (exact) mass is 360 g/mol. The van der Waals surface area contributed by atoms with Crippen LogP contribution in [0.2, 0.25) is 0 Å². The fraction of sp³-hybridized carbons (Fsp3) is 0.700. The number of aliphatic hydroxyl groups is 1. The van der Waals surface area contributed by atoms with Gasteiger partial charge in [-0.05, 0) is 43.8 Å². The van der Waals surface area contributed by atoms with E-state index in [0.717, 1.165) is 16.9 Å². The quantitative estimate of drug-likeness (QED) is 0.554. The van der Waals surface area contributed by atoms with E-state index in [1.807, 2.05) is 13.0 Å². The first-order valence-electron chi connectivity index (χ1n) is 9.83. The number of hydrogen-bond donors (Lipinski definition) is 1. The lowest BCUT2D eigenvalue weighted by atomic mass is 9.77. The number of aliphatic hydroxyl groups excluding tert-OH is 1. The molecule has 4 fully saturated rings. The van der Waals surface area contributed by atoms with Crippen LogP contribution in [0.4, 0.5) is 0 Å². The molecule has 4 atom stereocenters. The molecule has 6 heteroatoms. The van der Waals surface area contributed by atoms with Crippen LogP contribution in [-0.4, -0.2) is 64.7 Å². The van der Waals surface area contributed by atoms with Gasteiger partial charge in [0.25, 0.3) is 0 Å². The van der Waals surface area contributed by atoms with E-state index in [2.05, 4.69) is 6.08 Å². The van der Waals surface area contributed by atoms with Crippen LogP contribution >= 0.6 is 0 Å². The lowest BCUT2D eigenvalue weighted by Gasteiger charge is -2.48. The number of aliphatic carboxylic acids is 1. The number of fused-ring (bicyclic) bond motifs is 4. The highest BCUT2D eigenvalue weighted by atomic mass is 16.4. The standard InChI is InChI=1S/C20H28N2O4/c1-12-15(4-3-8-22-9-5-14(6-10-22)7-11-22)18(20(25)26)21-17(12)16(13(2)23)19(21)24/h3-4,12-14,16-17,23H,5-11H2,1-2H3/b4-3+/t12-,13+,14?,16+,17+,22?/m0/s1. The molecule has 0 unspecified atom stereocenters. The third kappa shape index (κ3) is 2.54. The summed E-state index contributed by atoms with van der Waals surface area (Å²) in [6.45, 7) is 8.10. The Morgan fingerprint density at radius 1 is 1.35 bits per heavy atom. The Balaban J connectivity index is 1.55. The van der Waals surface area contributed by atoms with Gasteiger partial charge in [-0.1, -0.05) is 13.0 Å². The van der Waals surface area contributed by atoms with Crippen molar-refractivity contribution >= 4 is 11.9 Å². The molecule has 26 heavy (non-hydrogen) atoms. The molecule has 0 aliphatic carbocycles. The van der Waals surface area contributed by atoms with Crippen molar-refractivity contribution in [2.75, 3.05) is 26.2 Å². The minimum absolute atomic E-state index is 0.00185. The van der Waals surface area contributed by atoms with Crippen LogP contribution in [-0.2, 0) is 9.59 Å². The van der Waals surface area contributed by atoms with Gasteiger partial charge in [-0.15, -0.1) is 0 Å². The second-order valence-corrected chi connectivity index (χ2v) is 8.67. The van der Waals surface area contributed by atoms with Crippen LogP contribution in [0.15, 0.2) is 23.4 Å². The van der Waals surface area contributed by atoms with Crippen molar-refractivity contribution in [3.05, 3.63) is 23.4 Å². The van der Waals surface area contributed by atoms with Crippen LogP contribution < -0.4 is 5.11 Å². The van der Waals surface area contributed by atoms with Crippen LogP contribution in [0, 0.1) is 17.8 Å². The minimum Gasteiger partial charge on any atom is -0.543 e. The molecule has 4 saturated heterocycles. The van der Waals surface area contributed by atoms with Crippen LogP contribution in [0.5, 0.6) is 0 Å². The van der Waals surface area contributed by atoms with Gasteiger partial charge < -0.3 is 24.4 Å². The molecule has 0 aromatic rings. The van der Waals surface area contributed by atoms with E-state index in [4.69, 9.17) is 0 Å². The summed E-state index contributed by atoms with van der Waals surface area (Å²) in [6.07, 6.45) is 7.13. The summed E-state index contributed by atoms with van der Waals surface area (Å²) in [6, 6.07) is -0.271. The van der Waals surface area contributed by atoms with Crippen molar-refractivity contribution in [1.82, 2.24) is 4.90 Å². The number of hydrogen-bond acceptors (Lipinski definition) is 4. The first-order chi connectivity index (χ1) is 12.3. The number of carboxylic acids is 1. The summed E-state index contributed by atoms with van der Waals surface area (Å²) in [5, 5.41) is 21.6. The number of piperidine rings is 3. The molecular formula is C20H28N2O4. The molecule has 0 radical (unpaired) electrons. The van der Waals surface area contributed by atoms with E-state index >= 15 is 0 Å². The average Bonchev–Trinajstić information content (AvgIpc) is 2.85. The zero-order chi connectivity index (χ0) is 18.6. The zero-order valence-corrected chi connectivity index (χ0v) is 15.6. The van der Waals surface area contributed by atoms with Gasteiger partial charge in [0.2, 0.25) is 5.91 Å². The first-order valence-corrected chi connectivity index (χ1v) is 9.83. The van der Waals surface area contributed by atoms with Crippen molar-refractivity contribution in [2.24, 2.45) is 17.8 Å². The van der Waals surface area contributed by atoms with Crippen molar-refractivity contribution in [3.8, 4) is 0 Å². The molecule has 0 saturated carbocycles. The lowest BCUT2D eigenvalue weighted by Crippen LogP contribution is -2.64. The number of amides is 1. The molecule has 6 nitrogen and oxygen atoms in total. The zero-order valence-electron chi connectivity index (χ0n) is 15.6. The molecule has 1 amide bonds. The van der Waals surface area contributed by atoms with Crippen molar-refractivity contribution in [2.45, 2.75) is 45.3 Å². The molecule has 0 aromatic carbocycles. The molecule has 5 aliphatic rings. The number of nitrogens with zero attached hydrogens (tertiary/aromatic N) is 2. The van der Waals surface area contributed by atoms with Gasteiger partial charge in [-0.25, -0.2) is 0 Å². The van der Waals surface area contributed by atoms with Crippen LogP contribution in [0.1, 0.15) is 33.1 Å². The van der Waals surface area contributed by atoms with E-state index in [9.17, 15) is 19.8 Å². The molecule has 0 spiro atoms. The molecular weight excluding hydrogens is 332 g/mol. The Morgan fingerprint density at radius 3 is 2.50 bits per heavy atom. The maximum Gasteiger partial charge on any atom is 0.235 e. The first kappa shape index (κ1) is 17.7. The summed E-state index contributed by atoms with van der Waals surface area (Å²) in [4.78, 5) is 25.4. The Morgan fingerprint density at radius 2 is 1.96 bits per heavy atom. The number of carbonyl (C=O) groups is 2. The van der Waals surface area contributed by atoms with Crippen LogP contribution in [0.3, 0.4) is 0 Å². The van der Waals surface area contributed by atoms with Gasteiger partial charge >= 0.3 is 0 Å². The largest absolute Gasteiger partial charge is 0.543 e. The lowest BCUT2D eigenvalue weighted by molar-refractivity contribution is -0.937. The van der Waals surface area contributed by atoms with E-state index in [1.54, 1.807) is 6.92 Å². The molecule has 5 aliphatic heterocycles. The third-order valence-electron chi connectivity index (χ3n) is 7.24. The predicted molar refractivity (Wildman–Crippen MR) is 93.2 cm³/mol. The Kier molecular flexibility index (Phi) is 4.23. The Labute approximate surface area is 154 Å². The molecule has 1 N–H and O–H groups in total.